The largest absolute Gasteiger partial charge is 0.343 e. The second kappa shape index (κ2) is 24.2. The number of rotatable bonds is 14. The molecule has 3 aliphatic rings. The van der Waals surface area contributed by atoms with Crippen LogP contribution < -0.4 is 31.9 Å². The van der Waals surface area contributed by atoms with Crippen molar-refractivity contribution in [3.05, 3.63) is 25.3 Å². The minimum absolute atomic E-state index is 0.275. The zero-order chi connectivity index (χ0) is 42.8. The third-order valence-electron chi connectivity index (χ3n) is 11.2. The number of unbranched alkanes of at least 4 members (excludes halogenated alkanes) is 8. The first kappa shape index (κ1) is 47.6. The minimum Gasteiger partial charge on any atom is -0.343 e. The summed E-state index contributed by atoms with van der Waals surface area (Å²) in [5.74, 6) is -4.41. The number of carbonyl (C=O) groups is 8. The van der Waals surface area contributed by atoms with Gasteiger partial charge in [-0.05, 0) is 91.9 Å². The van der Waals surface area contributed by atoms with E-state index in [2.05, 4.69) is 45.1 Å². The van der Waals surface area contributed by atoms with Crippen molar-refractivity contribution in [3.63, 3.8) is 0 Å². The number of allylic oxidation sites excluding steroid dienone is 2. The maximum absolute atomic E-state index is 14.1. The van der Waals surface area contributed by atoms with E-state index in [1.54, 1.807) is 0 Å². The minimum atomic E-state index is -1.08. The van der Waals surface area contributed by atoms with E-state index in [1.807, 2.05) is 12.2 Å². The Morgan fingerprint density at radius 3 is 1.12 bits per heavy atom. The predicted molar refractivity (Wildman–Crippen MR) is 220 cm³/mol. The van der Waals surface area contributed by atoms with Crippen molar-refractivity contribution in [3.8, 4) is 0 Å². The molecule has 8 amide bonds. The molecule has 3 fully saturated rings. The molecule has 8 atom stereocenters. The average Bonchev–Trinajstić information content (AvgIpc) is 3.89. The molecule has 0 aromatic carbocycles. The Bertz CT molecular complexity index is 1380. The second-order valence-electron chi connectivity index (χ2n) is 16.0. The molecule has 3 saturated heterocycles. The van der Waals surface area contributed by atoms with Gasteiger partial charge in [0.05, 0.1) is 0 Å². The Kier molecular flexibility index (Phi) is 19.9. The van der Waals surface area contributed by atoms with Crippen LogP contribution in [0.15, 0.2) is 25.3 Å². The molecule has 324 valence electrons. The molecule has 0 radical (unpaired) electrons. The number of nitrogens with one attached hydrogen (secondary N) is 6. The number of nitrogens with zero attached hydrogens (tertiary/aromatic N) is 2. The molecule has 6 N–H and O–H groups in total. The molecule has 0 bridgehead atoms. The monoisotopic (exact) mass is 813 g/mol. The van der Waals surface area contributed by atoms with Crippen LogP contribution in [0.1, 0.15) is 130 Å². The fourth-order valence-electron chi connectivity index (χ4n) is 7.65. The van der Waals surface area contributed by atoms with Crippen LogP contribution in [0.3, 0.4) is 0 Å². The molecule has 0 spiro atoms. The van der Waals surface area contributed by atoms with Crippen molar-refractivity contribution in [2.75, 3.05) is 13.1 Å². The molecule has 0 aliphatic carbocycles. The van der Waals surface area contributed by atoms with E-state index in [9.17, 15) is 38.4 Å². The second-order valence-corrected chi connectivity index (χ2v) is 16.0. The zero-order valence-corrected chi connectivity index (χ0v) is 35.1. The molecule has 58 heavy (non-hydrogen) atoms. The van der Waals surface area contributed by atoms with Gasteiger partial charge in [0.1, 0.15) is 48.3 Å². The molecule has 3 heterocycles. The lowest BCUT2D eigenvalue weighted by atomic mass is 10.0. The van der Waals surface area contributed by atoms with Gasteiger partial charge < -0.3 is 41.7 Å². The van der Waals surface area contributed by atoms with Crippen LogP contribution in [0.25, 0.3) is 0 Å². The summed E-state index contributed by atoms with van der Waals surface area (Å²) in [4.78, 5) is 112. The Hall–Kier alpha value is -4.76. The van der Waals surface area contributed by atoms with Crippen LogP contribution in [-0.4, -0.2) is 118 Å². The summed E-state index contributed by atoms with van der Waals surface area (Å²) >= 11 is 0. The van der Waals surface area contributed by atoms with Crippen LogP contribution in [-0.2, 0) is 38.4 Å². The average molecular weight is 813 g/mol. The lowest BCUT2D eigenvalue weighted by molar-refractivity contribution is -0.143. The molecule has 0 aromatic heterocycles. The van der Waals surface area contributed by atoms with Crippen LogP contribution in [0, 0.1) is 0 Å². The molecule has 8 unspecified atom stereocenters. The van der Waals surface area contributed by atoms with Crippen molar-refractivity contribution < 1.29 is 38.4 Å². The van der Waals surface area contributed by atoms with Gasteiger partial charge in [-0.2, -0.15) is 0 Å². The molecule has 16 heteroatoms. The highest BCUT2D eigenvalue weighted by atomic mass is 16.2. The highest BCUT2D eigenvalue weighted by Gasteiger charge is 2.41. The van der Waals surface area contributed by atoms with Crippen LogP contribution >= 0.6 is 0 Å². The number of hydrogen-bond donors (Lipinski definition) is 6. The summed E-state index contributed by atoms with van der Waals surface area (Å²) in [6, 6.07) is -8.03. The molecular weight excluding hydrogens is 745 g/mol. The van der Waals surface area contributed by atoms with Gasteiger partial charge in [0.25, 0.3) is 0 Å². The Labute approximate surface area is 343 Å². The third kappa shape index (κ3) is 14.3. The molecule has 3 rings (SSSR count). The highest BCUT2D eigenvalue weighted by molar-refractivity contribution is 5.98. The quantitative estimate of drug-likeness (QED) is 0.113. The lowest BCUT2D eigenvalue weighted by Gasteiger charge is -2.31. The summed E-state index contributed by atoms with van der Waals surface area (Å²) in [6.07, 6.45) is 14.4. The van der Waals surface area contributed by atoms with Crippen molar-refractivity contribution in [1.82, 2.24) is 41.7 Å². The van der Waals surface area contributed by atoms with Crippen LogP contribution in [0.2, 0.25) is 0 Å². The summed E-state index contributed by atoms with van der Waals surface area (Å²) in [5, 5.41) is 16.2. The first-order valence-corrected chi connectivity index (χ1v) is 21.3. The van der Waals surface area contributed by atoms with E-state index >= 15 is 0 Å². The van der Waals surface area contributed by atoms with E-state index in [0.717, 1.165) is 51.4 Å². The standard InChI is InChI=1S/C42H68N8O8/c1-7-9-11-13-15-17-21-31-41(57)49-25-19-23-33(49)39(55)45-28(4)36(52)44-30(6)38(54)48-32(22-18-16-14-12-10-8-2)42(58)50-26-20-24-34(50)40(56)46-27(3)35(51)43-29(5)37(53)47-31/h7-8,27-34H,1-2,9-26H2,3-6H3,(H,43,51)(H,44,52)(H,45,55)(H,46,56)(H,47,53)(H,48,54). The Morgan fingerprint density at radius 1 is 0.466 bits per heavy atom. The normalized spacial score (nSPS) is 28.6. The predicted octanol–water partition coefficient (Wildman–Crippen LogP) is 2.02. The smallest absolute Gasteiger partial charge is 0.245 e. The van der Waals surface area contributed by atoms with Gasteiger partial charge in [-0.3, -0.25) is 38.4 Å². The SMILES string of the molecule is C=CCCCCCCC1NC(=O)C(C)NC(=O)C(C)NC(=O)C2CCCN2C(=O)C(CCCCCCC=C)NC(=O)C(C)NC(=O)C(C)NC(=O)C2CCCN2C1=O. The summed E-state index contributed by atoms with van der Waals surface area (Å²) in [6.45, 7) is 14.0. The lowest BCUT2D eigenvalue weighted by Crippen LogP contribution is -2.60. The fraction of sp³-hybridized carbons (Fsp3) is 0.714. The maximum atomic E-state index is 14.1. The number of amides is 8. The van der Waals surface area contributed by atoms with Crippen LogP contribution in [0.4, 0.5) is 0 Å². The topological polar surface area (TPSA) is 215 Å². The van der Waals surface area contributed by atoms with E-state index in [0.29, 0.717) is 51.4 Å². The van der Waals surface area contributed by atoms with E-state index in [-0.39, 0.29) is 13.1 Å². The number of hydrogen-bond acceptors (Lipinski definition) is 8. The summed E-state index contributed by atoms with van der Waals surface area (Å²) in [7, 11) is 0. The number of fused-ring (bicyclic) bond motifs is 2. The van der Waals surface area contributed by atoms with Gasteiger partial charge >= 0.3 is 0 Å². The van der Waals surface area contributed by atoms with Crippen LogP contribution in [0.5, 0.6) is 0 Å². The molecule has 0 aromatic rings. The van der Waals surface area contributed by atoms with Crippen molar-refractivity contribution >= 4 is 47.3 Å². The summed E-state index contributed by atoms with van der Waals surface area (Å²) in [5.41, 5.74) is 0. The van der Waals surface area contributed by atoms with Gasteiger partial charge in [0, 0.05) is 13.1 Å². The van der Waals surface area contributed by atoms with E-state index < -0.39 is 95.6 Å². The Balaban J connectivity index is 1.88. The van der Waals surface area contributed by atoms with E-state index in [4.69, 9.17) is 0 Å². The van der Waals surface area contributed by atoms with Gasteiger partial charge in [-0.15, -0.1) is 13.2 Å². The van der Waals surface area contributed by atoms with Gasteiger partial charge in [-0.25, -0.2) is 0 Å². The Morgan fingerprint density at radius 2 is 0.776 bits per heavy atom. The molecule has 0 saturated carbocycles. The van der Waals surface area contributed by atoms with Gasteiger partial charge in [-0.1, -0.05) is 50.7 Å². The first-order chi connectivity index (χ1) is 27.7. The van der Waals surface area contributed by atoms with Crippen molar-refractivity contribution in [2.45, 2.75) is 179 Å². The summed E-state index contributed by atoms with van der Waals surface area (Å²) < 4.78 is 0. The van der Waals surface area contributed by atoms with Crippen molar-refractivity contribution in [1.29, 1.82) is 0 Å². The molecule has 16 nitrogen and oxygen atoms in total. The highest BCUT2D eigenvalue weighted by Crippen LogP contribution is 2.22. The maximum Gasteiger partial charge on any atom is 0.245 e. The van der Waals surface area contributed by atoms with Crippen molar-refractivity contribution in [2.24, 2.45) is 0 Å². The van der Waals surface area contributed by atoms with E-state index in [1.165, 1.54) is 37.5 Å². The molecular formula is C42H68N8O8. The first-order valence-electron chi connectivity index (χ1n) is 21.3. The van der Waals surface area contributed by atoms with Gasteiger partial charge in [0.15, 0.2) is 0 Å². The fourth-order valence-corrected chi connectivity index (χ4v) is 7.65. The third-order valence-corrected chi connectivity index (χ3v) is 11.2. The zero-order valence-electron chi connectivity index (χ0n) is 35.1. The number of carbonyl (C=O) groups excluding carboxylic acids is 8. The molecule has 3 aliphatic heterocycles. The van der Waals surface area contributed by atoms with Gasteiger partial charge in [0.2, 0.25) is 47.3 Å².